The molecule has 1 fully saturated rings. The molecule has 2 aliphatic rings. The average molecular weight is 402 g/mol. The molecule has 5 nitrogen and oxygen atoms in total. The highest BCUT2D eigenvalue weighted by molar-refractivity contribution is 6.30. The summed E-state index contributed by atoms with van der Waals surface area (Å²) < 4.78 is 17.2. The first-order valence-electron chi connectivity index (χ1n) is 9.61. The number of carbonyl (C=O) groups excluding carboxylic acids is 1. The van der Waals surface area contributed by atoms with Crippen LogP contribution in [0.15, 0.2) is 42.5 Å². The summed E-state index contributed by atoms with van der Waals surface area (Å²) in [7, 11) is 1.64. The van der Waals surface area contributed by atoms with Gasteiger partial charge in [-0.2, -0.15) is 0 Å². The molecule has 2 aromatic rings. The molecule has 0 bridgehead atoms. The predicted octanol–water partition coefficient (Wildman–Crippen LogP) is 3.86. The van der Waals surface area contributed by atoms with Crippen molar-refractivity contribution in [1.82, 2.24) is 4.90 Å². The highest BCUT2D eigenvalue weighted by Gasteiger charge is 2.34. The van der Waals surface area contributed by atoms with Crippen molar-refractivity contribution in [3.63, 3.8) is 0 Å². The largest absolute Gasteiger partial charge is 0.496 e. The van der Waals surface area contributed by atoms with Crippen LogP contribution in [0.5, 0.6) is 11.5 Å². The summed E-state index contributed by atoms with van der Waals surface area (Å²) in [6.07, 6.45) is 2.06. The number of hydrogen-bond acceptors (Lipinski definition) is 4. The molecule has 0 aromatic heterocycles. The fraction of sp³-hybridized carbons (Fsp3) is 0.409. The molecule has 6 heteroatoms. The lowest BCUT2D eigenvalue weighted by molar-refractivity contribution is -0.140. The first-order valence-corrected chi connectivity index (χ1v) is 9.99. The van der Waals surface area contributed by atoms with Crippen LogP contribution in [-0.4, -0.2) is 43.3 Å². The molecule has 148 valence electrons. The van der Waals surface area contributed by atoms with Crippen LogP contribution in [0.3, 0.4) is 0 Å². The van der Waals surface area contributed by atoms with Crippen LogP contribution in [0.4, 0.5) is 0 Å². The van der Waals surface area contributed by atoms with Gasteiger partial charge in [-0.3, -0.25) is 4.79 Å². The van der Waals surface area contributed by atoms with E-state index in [1.165, 1.54) is 0 Å². The first kappa shape index (κ1) is 19.1. The zero-order valence-corrected chi connectivity index (χ0v) is 16.7. The maximum Gasteiger partial charge on any atom is 0.264 e. The molecular weight excluding hydrogens is 378 g/mol. The van der Waals surface area contributed by atoms with E-state index in [2.05, 4.69) is 0 Å². The van der Waals surface area contributed by atoms with Crippen LogP contribution in [0.2, 0.25) is 5.02 Å². The Hall–Kier alpha value is -2.24. The van der Waals surface area contributed by atoms with Crippen LogP contribution in [-0.2, 0) is 22.5 Å². The molecule has 1 saturated heterocycles. The van der Waals surface area contributed by atoms with Crippen LogP contribution in [0.25, 0.3) is 0 Å². The SMILES string of the molecule is COc1ccccc1CN(C[C@@H]1CCCO1)C(=O)[C@@H]1Cc2cc(Cl)ccc2O1. The first-order chi connectivity index (χ1) is 13.6. The third kappa shape index (κ3) is 4.10. The van der Waals surface area contributed by atoms with Crippen molar-refractivity contribution < 1.29 is 19.0 Å². The van der Waals surface area contributed by atoms with Crippen LogP contribution in [0, 0.1) is 0 Å². The number of rotatable bonds is 6. The lowest BCUT2D eigenvalue weighted by Gasteiger charge is -2.28. The number of methoxy groups -OCH3 is 1. The summed E-state index contributed by atoms with van der Waals surface area (Å²) in [4.78, 5) is 15.2. The molecule has 0 unspecified atom stereocenters. The topological polar surface area (TPSA) is 48.0 Å². The van der Waals surface area contributed by atoms with Gasteiger partial charge < -0.3 is 19.1 Å². The Morgan fingerprint density at radius 1 is 1.29 bits per heavy atom. The van der Waals surface area contributed by atoms with Crippen molar-refractivity contribution in [3.05, 3.63) is 58.6 Å². The Morgan fingerprint density at radius 3 is 2.93 bits per heavy atom. The number of halogens is 1. The summed E-state index contributed by atoms with van der Waals surface area (Å²) in [6, 6.07) is 13.3. The fourth-order valence-corrected chi connectivity index (χ4v) is 4.06. The highest BCUT2D eigenvalue weighted by Crippen LogP contribution is 2.32. The molecule has 0 aliphatic carbocycles. The quantitative estimate of drug-likeness (QED) is 0.737. The van der Waals surface area contributed by atoms with Crippen molar-refractivity contribution in [3.8, 4) is 11.5 Å². The van der Waals surface area contributed by atoms with E-state index in [-0.39, 0.29) is 12.0 Å². The van der Waals surface area contributed by atoms with Gasteiger partial charge in [0.2, 0.25) is 0 Å². The van der Waals surface area contributed by atoms with Gasteiger partial charge in [-0.25, -0.2) is 0 Å². The second kappa shape index (κ2) is 8.41. The number of amides is 1. The normalized spacial score (nSPS) is 20.5. The standard InChI is InChI=1S/C22H24ClNO4/c1-26-19-7-3-2-5-15(19)13-24(14-18-6-4-10-27-18)22(25)21-12-16-11-17(23)8-9-20(16)28-21/h2-3,5,7-9,11,18,21H,4,6,10,12-14H2,1H3/t18-,21-/m0/s1. The van der Waals surface area contributed by atoms with E-state index in [4.69, 9.17) is 25.8 Å². The van der Waals surface area contributed by atoms with E-state index in [9.17, 15) is 4.79 Å². The zero-order chi connectivity index (χ0) is 19.5. The fourth-order valence-electron chi connectivity index (χ4n) is 3.86. The number of carbonyl (C=O) groups is 1. The maximum atomic E-state index is 13.4. The highest BCUT2D eigenvalue weighted by atomic mass is 35.5. The lowest BCUT2D eigenvalue weighted by Crippen LogP contribution is -2.44. The summed E-state index contributed by atoms with van der Waals surface area (Å²) in [5.74, 6) is 1.47. The van der Waals surface area contributed by atoms with Crippen molar-refractivity contribution in [1.29, 1.82) is 0 Å². The number of nitrogens with zero attached hydrogens (tertiary/aromatic N) is 1. The molecule has 2 heterocycles. The molecule has 0 spiro atoms. The zero-order valence-electron chi connectivity index (χ0n) is 15.9. The molecule has 1 amide bonds. The molecule has 0 saturated carbocycles. The number of hydrogen-bond donors (Lipinski definition) is 0. The lowest BCUT2D eigenvalue weighted by atomic mass is 10.1. The summed E-state index contributed by atoms with van der Waals surface area (Å²) >= 11 is 6.09. The van der Waals surface area contributed by atoms with Gasteiger partial charge in [-0.15, -0.1) is 0 Å². The molecule has 28 heavy (non-hydrogen) atoms. The van der Waals surface area contributed by atoms with Crippen molar-refractivity contribution in [2.45, 2.75) is 38.0 Å². The molecule has 2 aromatic carbocycles. The monoisotopic (exact) mass is 401 g/mol. The summed E-state index contributed by atoms with van der Waals surface area (Å²) in [5, 5.41) is 0.653. The van der Waals surface area contributed by atoms with Gasteiger partial charge in [0, 0.05) is 36.7 Å². The number of benzene rings is 2. The van der Waals surface area contributed by atoms with Crippen LogP contribution in [0.1, 0.15) is 24.0 Å². The van der Waals surface area contributed by atoms with E-state index < -0.39 is 6.10 Å². The molecule has 2 aliphatic heterocycles. The van der Waals surface area contributed by atoms with Gasteiger partial charge >= 0.3 is 0 Å². The Balaban J connectivity index is 1.53. The Kier molecular flexibility index (Phi) is 5.74. The molecule has 0 N–H and O–H groups in total. The second-order valence-corrected chi connectivity index (χ2v) is 7.66. The minimum Gasteiger partial charge on any atom is -0.496 e. The van der Waals surface area contributed by atoms with Gasteiger partial charge in [0.1, 0.15) is 11.5 Å². The number of fused-ring (bicyclic) bond motifs is 1. The van der Waals surface area contributed by atoms with E-state index in [0.29, 0.717) is 24.5 Å². The molecule has 2 atom stereocenters. The van der Waals surface area contributed by atoms with Crippen molar-refractivity contribution in [2.24, 2.45) is 0 Å². The average Bonchev–Trinajstić information content (AvgIpc) is 3.36. The Morgan fingerprint density at radius 2 is 2.14 bits per heavy atom. The third-order valence-corrected chi connectivity index (χ3v) is 5.52. The van der Waals surface area contributed by atoms with E-state index in [1.54, 1.807) is 13.2 Å². The smallest absolute Gasteiger partial charge is 0.264 e. The second-order valence-electron chi connectivity index (χ2n) is 7.23. The van der Waals surface area contributed by atoms with Crippen molar-refractivity contribution >= 4 is 17.5 Å². The number of ether oxygens (including phenoxy) is 3. The van der Waals surface area contributed by atoms with E-state index in [1.807, 2.05) is 41.3 Å². The third-order valence-electron chi connectivity index (χ3n) is 5.29. The number of para-hydroxylation sites is 1. The van der Waals surface area contributed by atoms with Gasteiger partial charge in [0.25, 0.3) is 5.91 Å². The maximum absolute atomic E-state index is 13.4. The van der Waals surface area contributed by atoms with Gasteiger partial charge in [0.15, 0.2) is 6.10 Å². The summed E-state index contributed by atoms with van der Waals surface area (Å²) in [5.41, 5.74) is 1.94. The predicted molar refractivity (Wildman–Crippen MR) is 107 cm³/mol. The van der Waals surface area contributed by atoms with Crippen LogP contribution >= 0.6 is 11.6 Å². The van der Waals surface area contributed by atoms with Crippen LogP contribution < -0.4 is 9.47 Å². The molecule has 4 rings (SSSR count). The van der Waals surface area contributed by atoms with Crippen molar-refractivity contribution in [2.75, 3.05) is 20.3 Å². The Labute approximate surface area is 170 Å². The minimum atomic E-state index is -0.537. The van der Waals surface area contributed by atoms with Gasteiger partial charge in [-0.1, -0.05) is 29.8 Å². The molecular formula is C22H24ClNO4. The van der Waals surface area contributed by atoms with Gasteiger partial charge in [0.05, 0.1) is 13.2 Å². The van der Waals surface area contributed by atoms with E-state index >= 15 is 0 Å². The van der Waals surface area contributed by atoms with E-state index in [0.717, 1.165) is 42.1 Å². The molecule has 0 radical (unpaired) electrons. The van der Waals surface area contributed by atoms with Gasteiger partial charge in [-0.05, 0) is 42.7 Å². The minimum absolute atomic E-state index is 0.0336. The summed E-state index contributed by atoms with van der Waals surface area (Å²) in [6.45, 7) is 1.76. The Bertz CT molecular complexity index is 850.